The van der Waals surface area contributed by atoms with Gasteiger partial charge in [-0.05, 0) is 43.7 Å². The normalized spacial score (nSPS) is 12.2. The Balaban J connectivity index is 2.35. The number of aryl methyl sites for hydroxylation is 1. The van der Waals surface area contributed by atoms with Gasteiger partial charge in [0.15, 0.2) is 0 Å². The molecule has 0 spiro atoms. The second-order valence-electron chi connectivity index (χ2n) is 7.58. The molecule has 0 saturated carbocycles. The van der Waals surface area contributed by atoms with E-state index in [0.717, 1.165) is 5.56 Å². The standard InChI is InChI=1S/C23H27N3O3/c1-14(2)22(27)25(5)16(4)21-24-18-10-8-7-9-17(18)23(28)26(21)19-13-15(3)11-12-20(19)29-6/h7-14,16H,1-6H3. The Kier molecular flexibility index (Phi) is 5.73. The number of hydrogen-bond donors (Lipinski definition) is 0. The first-order valence-electron chi connectivity index (χ1n) is 9.69. The van der Waals surface area contributed by atoms with Crippen molar-refractivity contribution in [3.8, 4) is 11.4 Å². The third-order valence-electron chi connectivity index (χ3n) is 5.17. The number of carbonyl (C=O) groups is 1. The molecule has 6 nitrogen and oxygen atoms in total. The molecule has 0 aliphatic rings. The van der Waals surface area contributed by atoms with Gasteiger partial charge in [-0.3, -0.25) is 14.2 Å². The molecule has 0 saturated heterocycles. The zero-order valence-electron chi connectivity index (χ0n) is 17.8. The summed E-state index contributed by atoms with van der Waals surface area (Å²) in [6, 6.07) is 12.5. The Morgan fingerprint density at radius 2 is 1.83 bits per heavy atom. The first kappa shape index (κ1) is 20.6. The zero-order valence-corrected chi connectivity index (χ0v) is 17.8. The topological polar surface area (TPSA) is 64.4 Å². The fourth-order valence-corrected chi connectivity index (χ4v) is 3.41. The van der Waals surface area contributed by atoms with Crippen LogP contribution in [0.15, 0.2) is 47.3 Å². The molecule has 2 aromatic carbocycles. The number of hydrogen-bond acceptors (Lipinski definition) is 4. The Labute approximate surface area is 170 Å². The number of aromatic nitrogens is 2. The molecule has 152 valence electrons. The molecule has 0 N–H and O–H groups in total. The minimum atomic E-state index is -0.410. The summed E-state index contributed by atoms with van der Waals surface area (Å²) in [7, 11) is 3.32. The Morgan fingerprint density at radius 1 is 1.14 bits per heavy atom. The van der Waals surface area contributed by atoms with Gasteiger partial charge >= 0.3 is 0 Å². The fourth-order valence-electron chi connectivity index (χ4n) is 3.41. The lowest BCUT2D eigenvalue weighted by Crippen LogP contribution is -2.36. The number of nitrogens with zero attached hydrogens (tertiary/aromatic N) is 3. The molecule has 0 aliphatic heterocycles. The maximum absolute atomic E-state index is 13.5. The summed E-state index contributed by atoms with van der Waals surface area (Å²) in [6.45, 7) is 7.56. The van der Waals surface area contributed by atoms with E-state index in [2.05, 4.69) is 0 Å². The highest BCUT2D eigenvalue weighted by atomic mass is 16.5. The molecule has 1 heterocycles. The Morgan fingerprint density at radius 3 is 2.48 bits per heavy atom. The van der Waals surface area contributed by atoms with Gasteiger partial charge in [-0.25, -0.2) is 4.98 Å². The third-order valence-corrected chi connectivity index (χ3v) is 5.17. The van der Waals surface area contributed by atoms with Crippen LogP contribution in [0.2, 0.25) is 0 Å². The van der Waals surface area contributed by atoms with Gasteiger partial charge in [-0.1, -0.05) is 32.0 Å². The van der Waals surface area contributed by atoms with Crippen LogP contribution in [-0.4, -0.2) is 34.5 Å². The van der Waals surface area contributed by atoms with Crippen LogP contribution in [-0.2, 0) is 4.79 Å². The van der Waals surface area contributed by atoms with E-state index in [9.17, 15) is 9.59 Å². The molecule has 3 rings (SSSR count). The van der Waals surface area contributed by atoms with E-state index < -0.39 is 6.04 Å². The van der Waals surface area contributed by atoms with E-state index in [1.54, 1.807) is 29.7 Å². The van der Waals surface area contributed by atoms with Gasteiger partial charge in [0.2, 0.25) is 5.91 Å². The van der Waals surface area contributed by atoms with E-state index in [0.29, 0.717) is 28.2 Å². The van der Waals surface area contributed by atoms with Gasteiger partial charge in [-0.15, -0.1) is 0 Å². The third kappa shape index (κ3) is 3.75. The molecule has 1 aromatic heterocycles. The number of amides is 1. The number of fused-ring (bicyclic) bond motifs is 1. The minimum absolute atomic E-state index is 0.0114. The number of benzene rings is 2. The van der Waals surface area contributed by atoms with Crippen molar-refractivity contribution in [3.63, 3.8) is 0 Å². The predicted octanol–water partition coefficient (Wildman–Crippen LogP) is 3.88. The van der Waals surface area contributed by atoms with E-state index >= 15 is 0 Å². The van der Waals surface area contributed by atoms with Crippen LogP contribution in [0.3, 0.4) is 0 Å². The van der Waals surface area contributed by atoms with Crippen LogP contribution >= 0.6 is 0 Å². The summed E-state index contributed by atoms with van der Waals surface area (Å²) >= 11 is 0. The molecule has 6 heteroatoms. The quantitative estimate of drug-likeness (QED) is 0.660. The molecule has 0 aliphatic carbocycles. The lowest BCUT2D eigenvalue weighted by Gasteiger charge is -2.28. The van der Waals surface area contributed by atoms with Crippen molar-refractivity contribution in [1.82, 2.24) is 14.5 Å². The molecular weight excluding hydrogens is 366 g/mol. The van der Waals surface area contributed by atoms with Gasteiger partial charge in [0.25, 0.3) is 5.56 Å². The maximum atomic E-state index is 13.5. The number of rotatable bonds is 5. The molecular formula is C23H27N3O3. The van der Waals surface area contributed by atoms with Crippen LogP contribution in [0.25, 0.3) is 16.6 Å². The van der Waals surface area contributed by atoms with Crippen LogP contribution in [0.1, 0.15) is 38.2 Å². The number of para-hydroxylation sites is 1. The molecule has 0 bridgehead atoms. The predicted molar refractivity (Wildman–Crippen MR) is 115 cm³/mol. The number of methoxy groups -OCH3 is 1. The highest BCUT2D eigenvalue weighted by molar-refractivity contribution is 5.79. The van der Waals surface area contributed by atoms with Crippen molar-refractivity contribution in [3.05, 3.63) is 64.2 Å². The maximum Gasteiger partial charge on any atom is 0.266 e. The van der Waals surface area contributed by atoms with Crippen molar-refractivity contribution >= 4 is 16.8 Å². The summed E-state index contributed by atoms with van der Waals surface area (Å²) in [6.07, 6.45) is 0. The number of carbonyl (C=O) groups excluding carboxylic acids is 1. The summed E-state index contributed by atoms with van der Waals surface area (Å²) in [4.78, 5) is 32.6. The highest BCUT2D eigenvalue weighted by Crippen LogP contribution is 2.28. The smallest absolute Gasteiger partial charge is 0.266 e. The van der Waals surface area contributed by atoms with E-state index in [4.69, 9.17) is 9.72 Å². The van der Waals surface area contributed by atoms with Gasteiger partial charge in [0, 0.05) is 13.0 Å². The summed E-state index contributed by atoms with van der Waals surface area (Å²) in [5, 5.41) is 0.518. The zero-order chi connectivity index (χ0) is 21.3. The summed E-state index contributed by atoms with van der Waals surface area (Å²) in [5.74, 6) is 0.898. The molecule has 29 heavy (non-hydrogen) atoms. The van der Waals surface area contributed by atoms with Gasteiger partial charge in [0.05, 0.1) is 29.7 Å². The molecule has 1 amide bonds. The average Bonchev–Trinajstić information content (AvgIpc) is 2.72. The highest BCUT2D eigenvalue weighted by Gasteiger charge is 2.26. The van der Waals surface area contributed by atoms with Gasteiger partial charge in [-0.2, -0.15) is 0 Å². The first-order valence-corrected chi connectivity index (χ1v) is 9.69. The van der Waals surface area contributed by atoms with Gasteiger partial charge < -0.3 is 9.64 Å². The minimum Gasteiger partial charge on any atom is -0.495 e. The number of ether oxygens (including phenoxy) is 1. The Hall–Kier alpha value is -3.15. The molecule has 1 atom stereocenters. The molecule has 1 unspecified atom stereocenters. The van der Waals surface area contributed by atoms with E-state index in [1.807, 2.05) is 64.1 Å². The largest absolute Gasteiger partial charge is 0.495 e. The van der Waals surface area contributed by atoms with Crippen molar-refractivity contribution < 1.29 is 9.53 Å². The lowest BCUT2D eigenvalue weighted by atomic mass is 10.1. The van der Waals surface area contributed by atoms with E-state index in [-0.39, 0.29) is 17.4 Å². The van der Waals surface area contributed by atoms with Crippen molar-refractivity contribution in [2.24, 2.45) is 5.92 Å². The molecule has 0 radical (unpaired) electrons. The Bertz CT molecular complexity index is 1120. The average molecular weight is 393 g/mol. The fraction of sp³-hybridized carbons (Fsp3) is 0.348. The van der Waals surface area contributed by atoms with Crippen LogP contribution in [0, 0.1) is 12.8 Å². The van der Waals surface area contributed by atoms with E-state index in [1.165, 1.54) is 0 Å². The van der Waals surface area contributed by atoms with Crippen molar-refractivity contribution in [2.45, 2.75) is 33.7 Å². The van der Waals surface area contributed by atoms with Crippen molar-refractivity contribution in [2.75, 3.05) is 14.2 Å². The van der Waals surface area contributed by atoms with Crippen LogP contribution < -0.4 is 10.3 Å². The van der Waals surface area contributed by atoms with Crippen molar-refractivity contribution in [1.29, 1.82) is 0 Å². The molecule has 3 aromatic rings. The second kappa shape index (κ2) is 8.07. The summed E-state index contributed by atoms with van der Waals surface area (Å²) in [5.41, 5.74) is 2.02. The van der Waals surface area contributed by atoms with Crippen LogP contribution in [0.5, 0.6) is 5.75 Å². The lowest BCUT2D eigenvalue weighted by molar-refractivity contribution is -0.135. The molecule has 0 fully saturated rings. The monoisotopic (exact) mass is 393 g/mol. The second-order valence-corrected chi connectivity index (χ2v) is 7.58. The SMILES string of the molecule is COc1ccc(C)cc1-n1c(C(C)N(C)C(=O)C(C)C)nc2ccccc2c1=O. The summed E-state index contributed by atoms with van der Waals surface area (Å²) < 4.78 is 7.11. The van der Waals surface area contributed by atoms with Crippen LogP contribution in [0.4, 0.5) is 0 Å². The van der Waals surface area contributed by atoms with Gasteiger partial charge in [0.1, 0.15) is 11.6 Å². The first-order chi connectivity index (χ1) is 13.8.